The van der Waals surface area contributed by atoms with Crippen LogP contribution in [0.3, 0.4) is 0 Å². The molecule has 1 aromatic carbocycles. The Hall–Kier alpha value is -1.20. The smallest absolute Gasteiger partial charge is 0.154 e. The average molecular weight is 296 g/mol. The first-order valence-electron chi connectivity index (χ1n) is 5.31. The molecule has 0 fully saturated rings. The number of benzene rings is 1. The summed E-state index contributed by atoms with van der Waals surface area (Å²) in [5, 5.41) is 18.2. The predicted molar refractivity (Wildman–Crippen MR) is 68.7 cm³/mol. The lowest BCUT2D eigenvalue weighted by Crippen LogP contribution is -2.09. The van der Waals surface area contributed by atoms with Crippen LogP contribution in [0.1, 0.15) is 28.5 Å². The van der Waals surface area contributed by atoms with E-state index in [-0.39, 0.29) is 0 Å². The van der Waals surface area contributed by atoms with Crippen molar-refractivity contribution in [3.8, 4) is 0 Å². The third kappa shape index (κ3) is 2.12. The Morgan fingerprint density at radius 1 is 1.35 bits per heavy atom. The molecule has 0 saturated heterocycles. The zero-order chi connectivity index (χ0) is 12.6. The summed E-state index contributed by atoms with van der Waals surface area (Å²) in [5.74, 6) is 0. The fourth-order valence-corrected chi connectivity index (χ4v) is 2.39. The molecule has 1 N–H and O–H groups in total. The lowest BCUT2D eigenvalue weighted by molar-refractivity contribution is 0.208. The van der Waals surface area contributed by atoms with Crippen molar-refractivity contribution in [3.63, 3.8) is 0 Å². The molecule has 1 unspecified atom stereocenters. The van der Waals surface area contributed by atoms with Crippen molar-refractivity contribution in [2.24, 2.45) is 7.05 Å². The van der Waals surface area contributed by atoms with Gasteiger partial charge in [0.1, 0.15) is 11.8 Å². The largest absolute Gasteiger partial charge is 0.382 e. The van der Waals surface area contributed by atoms with Gasteiger partial charge < -0.3 is 5.11 Å². The highest BCUT2D eigenvalue weighted by atomic mass is 79.9. The third-order valence-corrected chi connectivity index (χ3v) is 3.59. The van der Waals surface area contributed by atoms with E-state index < -0.39 is 6.10 Å². The highest BCUT2D eigenvalue weighted by molar-refractivity contribution is 9.10. The van der Waals surface area contributed by atoms with Gasteiger partial charge in [0.15, 0.2) is 4.60 Å². The Morgan fingerprint density at radius 2 is 2.06 bits per heavy atom. The molecule has 0 aliphatic carbocycles. The van der Waals surface area contributed by atoms with Crippen LogP contribution in [0, 0.1) is 13.8 Å². The molecule has 0 aliphatic rings. The molecule has 0 aliphatic heterocycles. The van der Waals surface area contributed by atoms with Crippen LogP contribution in [0.25, 0.3) is 0 Å². The highest BCUT2D eigenvalue weighted by Gasteiger charge is 2.21. The van der Waals surface area contributed by atoms with Crippen LogP contribution >= 0.6 is 15.9 Å². The lowest BCUT2D eigenvalue weighted by Gasteiger charge is -2.15. The first-order valence-corrected chi connectivity index (χ1v) is 6.11. The SMILES string of the molecule is Cc1cccc(C(O)c2c(Br)nnn2C)c1C. The van der Waals surface area contributed by atoms with E-state index in [1.165, 1.54) is 0 Å². The number of hydrogen-bond acceptors (Lipinski definition) is 3. The van der Waals surface area contributed by atoms with E-state index in [0.29, 0.717) is 10.3 Å². The molecule has 0 saturated carbocycles. The number of aromatic nitrogens is 3. The molecular weight excluding hydrogens is 282 g/mol. The molecule has 90 valence electrons. The molecule has 0 amide bonds. The fourth-order valence-electron chi connectivity index (χ4n) is 1.85. The van der Waals surface area contributed by atoms with Gasteiger partial charge in [-0.3, -0.25) is 0 Å². The van der Waals surface area contributed by atoms with E-state index in [4.69, 9.17) is 0 Å². The number of rotatable bonds is 2. The summed E-state index contributed by atoms with van der Waals surface area (Å²) in [6, 6.07) is 5.90. The summed E-state index contributed by atoms with van der Waals surface area (Å²) >= 11 is 3.30. The van der Waals surface area contributed by atoms with Gasteiger partial charge in [-0.1, -0.05) is 23.4 Å². The predicted octanol–water partition coefficient (Wildman–Crippen LogP) is 2.28. The lowest BCUT2D eigenvalue weighted by atomic mass is 9.98. The summed E-state index contributed by atoms with van der Waals surface area (Å²) < 4.78 is 2.16. The normalized spacial score (nSPS) is 12.8. The van der Waals surface area contributed by atoms with Gasteiger partial charge in [-0.05, 0) is 46.5 Å². The zero-order valence-corrected chi connectivity index (χ0v) is 11.6. The van der Waals surface area contributed by atoms with Gasteiger partial charge >= 0.3 is 0 Å². The Kier molecular flexibility index (Phi) is 3.31. The second-order valence-electron chi connectivity index (χ2n) is 4.08. The number of aryl methyl sites for hydroxylation is 2. The van der Waals surface area contributed by atoms with Crippen molar-refractivity contribution < 1.29 is 5.11 Å². The van der Waals surface area contributed by atoms with Crippen LogP contribution in [0.15, 0.2) is 22.8 Å². The maximum Gasteiger partial charge on any atom is 0.154 e. The standard InChI is InChI=1S/C12H14BrN3O/c1-7-5-4-6-9(8(7)2)11(17)10-12(13)14-15-16(10)3/h4-6,11,17H,1-3H3. The number of nitrogens with zero attached hydrogens (tertiary/aromatic N) is 3. The van der Waals surface area contributed by atoms with Crippen LogP contribution in [0.4, 0.5) is 0 Å². The second kappa shape index (κ2) is 4.58. The van der Waals surface area contributed by atoms with E-state index in [9.17, 15) is 5.11 Å². The molecule has 17 heavy (non-hydrogen) atoms. The van der Waals surface area contributed by atoms with Gasteiger partial charge in [-0.2, -0.15) is 0 Å². The van der Waals surface area contributed by atoms with Crippen molar-refractivity contribution in [3.05, 3.63) is 45.2 Å². The van der Waals surface area contributed by atoms with E-state index in [1.807, 2.05) is 32.0 Å². The monoisotopic (exact) mass is 295 g/mol. The summed E-state index contributed by atoms with van der Waals surface area (Å²) in [6.07, 6.45) is -0.718. The molecule has 1 heterocycles. The van der Waals surface area contributed by atoms with Gasteiger partial charge in [-0.25, -0.2) is 4.68 Å². The van der Waals surface area contributed by atoms with Gasteiger partial charge in [0.05, 0.1) is 0 Å². The maximum atomic E-state index is 10.4. The molecule has 2 aromatic rings. The fraction of sp³-hybridized carbons (Fsp3) is 0.333. The quantitative estimate of drug-likeness (QED) is 0.925. The molecule has 0 bridgehead atoms. The van der Waals surface area contributed by atoms with E-state index in [0.717, 1.165) is 16.7 Å². The second-order valence-corrected chi connectivity index (χ2v) is 4.83. The Bertz CT molecular complexity index is 531. The molecule has 1 atom stereocenters. The molecule has 1 aromatic heterocycles. The third-order valence-electron chi connectivity index (χ3n) is 3.03. The molecule has 5 heteroatoms. The Labute approximate surface area is 108 Å². The Balaban J connectivity index is 2.51. The van der Waals surface area contributed by atoms with Crippen LogP contribution < -0.4 is 0 Å². The van der Waals surface area contributed by atoms with Crippen molar-refractivity contribution in [2.45, 2.75) is 20.0 Å². The minimum Gasteiger partial charge on any atom is -0.382 e. The summed E-state index contributed by atoms with van der Waals surface area (Å²) in [4.78, 5) is 0. The highest BCUT2D eigenvalue weighted by Crippen LogP contribution is 2.29. The molecule has 0 radical (unpaired) electrons. The average Bonchev–Trinajstić information content (AvgIpc) is 2.62. The number of aliphatic hydroxyl groups excluding tert-OH is 1. The molecule has 4 nitrogen and oxygen atoms in total. The summed E-state index contributed by atoms with van der Waals surface area (Å²) in [6.45, 7) is 4.04. The van der Waals surface area contributed by atoms with Crippen LogP contribution in [0.2, 0.25) is 0 Å². The Morgan fingerprint density at radius 3 is 2.65 bits per heavy atom. The van der Waals surface area contributed by atoms with Crippen molar-refractivity contribution in [1.29, 1.82) is 0 Å². The van der Waals surface area contributed by atoms with Crippen molar-refractivity contribution in [1.82, 2.24) is 15.0 Å². The number of halogens is 1. The number of hydrogen-bond donors (Lipinski definition) is 1. The zero-order valence-electron chi connectivity index (χ0n) is 9.98. The van der Waals surface area contributed by atoms with Crippen LogP contribution in [0.5, 0.6) is 0 Å². The van der Waals surface area contributed by atoms with Crippen LogP contribution in [-0.2, 0) is 7.05 Å². The number of aliphatic hydroxyl groups is 1. The van der Waals surface area contributed by atoms with Crippen LogP contribution in [-0.4, -0.2) is 20.1 Å². The topological polar surface area (TPSA) is 50.9 Å². The van der Waals surface area contributed by atoms with Gasteiger partial charge in [0, 0.05) is 7.05 Å². The minimum atomic E-state index is -0.718. The van der Waals surface area contributed by atoms with E-state index >= 15 is 0 Å². The first kappa shape index (κ1) is 12.3. The van der Waals surface area contributed by atoms with Gasteiger partial charge in [0.25, 0.3) is 0 Å². The maximum absolute atomic E-state index is 10.4. The molecule has 0 spiro atoms. The first-order chi connectivity index (χ1) is 8.02. The van der Waals surface area contributed by atoms with Gasteiger partial charge in [-0.15, -0.1) is 5.10 Å². The molecule has 2 rings (SSSR count). The van der Waals surface area contributed by atoms with Gasteiger partial charge in [0.2, 0.25) is 0 Å². The van der Waals surface area contributed by atoms with Crippen molar-refractivity contribution in [2.75, 3.05) is 0 Å². The summed E-state index contributed by atoms with van der Waals surface area (Å²) in [5.41, 5.74) is 3.80. The van der Waals surface area contributed by atoms with Crippen molar-refractivity contribution >= 4 is 15.9 Å². The molecular formula is C12H14BrN3O. The van der Waals surface area contributed by atoms with E-state index in [1.54, 1.807) is 11.7 Å². The minimum absolute atomic E-state index is 0.577. The summed E-state index contributed by atoms with van der Waals surface area (Å²) in [7, 11) is 1.77. The van der Waals surface area contributed by atoms with E-state index in [2.05, 4.69) is 26.2 Å².